The van der Waals surface area contributed by atoms with Gasteiger partial charge in [0.05, 0.1) is 11.9 Å². The maximum Gasteiger partial charge on any atom is 0.274 e. The van der Waals surface area contributed by atoms with E-state index in [1.165, 1.54) is 6.20 Å². The second-order valence-electron chi connectivity index (χ2n) is 5.00. The molecule has 3 N–H and O–H groups in total. The molecule has 0 atom stereocenters. The Hall–Kier alpha value is -2.05. The molecular weight excluding hydrogens is 246 g/mol. The third kappa shape index (κ3) is 2.69. The summed E-state index contributed by atoms with van der Waals surface area (Å²) >= 11 is 0. The number of piperidine rings is 1. The number of hydrogen-bond donors (Lipinski definition) is 2. The number of nitrogens with two attached hydrogens (primary N) is 1. The Balaban J connectivity index is 1.95. The lowest BCUT2D eigenvalue weighted by Crippen LogP contribution is -2.43. The molecule has 0 bridgehead atoms. The molecule has 1 aromatic rings. The molecule has 2 rings (SSSR count). The van der Waals surface area contributed by atoms with Crippen molar-refractivity contribution in [3.05, 3.63) is 11.9 Å². The molecule has 0 aromatic carbocycles. The van der Waals surface area contributed by atoms with E-state index in [9.17, 15) is 9.59 Å². The van der Waals surface area contributed by atoms with Gasteiger partial charge >= 0.3 is 0 Å². The molecule has 1 aliphatic rings. The van der Waals surface area contributed by atoms with Gasteiger partial charge in [-0.15, -0.1) is 0 Å². The van der Waals surface area contributed by atoms with Crippen molar-refractivity contribution in [3.63, 3.8) is 0 Å². The molecule has 7 heteroatoms. The van der Waals surface area contributed by atoms with Gasteiger partial charge in [-0.3, -0.25) is 14.7 Å². The van der Waals surface area contributed by atoms with Crippen LogP contribution in [0.4, 0.5) is 5.69 Å². The van der Waals surface area contributed by atoms with Gasteiger partial charge in [-0.2, -0.15) is 5.10 Å². The summed E-state index contributed by atoms with van der Waals surface area (Å²) in [6.07, 6.45) is 2.81. The van der Waals surface area contributed by atoms with Crippen LogP contribution in [0.25, 0.3) is 0 Å². The van der Waals surface area contributed by atoms with Crippen molar-refractivity contribution in [2.75, 3.05) is 32.9 Å². The lowest BCUT2D eigenvalue weighted by molar-refractivity contribution is -0.134. The van der Waals surface area contributed by atoms with Crippen LogP contribution in [0, 0.1) is 5.92 Å². The minimum atomic E-state index is -0.147. The number of carbonyl (C=O) groups excluding carboxylic acids is 2. The SMILES string of the molecule is CN(C)C(=O)C1CCN(C(=O)c2[nH]ncc2N)CC1. The van der Waals surface area contributed by atoms with Gasteiger partial charge in [-0.25, -0.2) is 0 Å². The topological polar surface area (TPSA) is 95.3 Å². The van der Waals surface area contributed by atoms with E-state index in [0.29, 0.717) is 37.3 Å². The Morgan fingerprint density at radius 1 is 1.42 bits per heavy atom. The van der Waals surface area contributed by atoms with E-state index in [0.717, 1.165) is 0 Å². The number of anilines is 1. The largest absolute Gasteiger partial charge is 0.396 e. The molecule has 1 saturated heterocycles. The second-order valence-corrected chi connectivity index (χ2v) is 5.00. The van der Waals surface area contributed by atoms with Crippen LogP contribution in [-0.2, 0) is 4.79 Å². The molecule has 0 aliphatic carbocycles. The molecule has 0 unspecified atom stereocenters. The van der Waals surface area contributed by atoms with Crippen molar-refractivity contribution < 1.29 is 9.59 Å². The molecule has 1 fully saturated rings. The minimum Gasteiger partial charge on any atom is -0.396 e. The highest BCUT2D eigenvalue weighted by atomic mass is 16.2. The van der Waals surface area contributed by atoms with E-state index >= 15 is 0 Å². The Labute approximate surface area is 111 Å². The molecule has 2 heterocycles. The summed E-state index contributed by atoms with van der Waals surface area (Å²) in [6, 6.07) is 0. The van der Waals surface area contributed by atoms with Gasteiger partial charge in [0.15, 0.2) is 0 Å². The van der Waals surface area contributed by atoms with Gasteiger partial charge in [0.2, 0.25) is 5.91 Å². The van der Waals surface area contributed by atoms with Gasteiger partial charge in [0.1, 0.15) is 5.69 Å². The van der Waals surface area contributed by atoms with Crippen molar-refractivity contribution in [1.82, 2.24) is 20.0 Å². The first-order valence-electron chi connectivity index (χ1n) is 6.30. The third-order valence-electron chi connectivity index (χ3n) is 3.45. The zero-order valence-electron chi connectivity index (χ0n) is 11.2. The van der Waals surface area contributed by atoms with Crippen molar-refractivity contribution in [2.45, 2.75) is 12.8 Å². The van der Waals surface area contributed by atoms with Crippen LogP contribution in [0.15, 0.2) is 6.20 Å². The highest BCUT2D eigenvalue weighted by Crippen LogP contribution is 2.21. The average molecular weight is 265 g/mol. The minimum absolute atomic E-state index is 0.0122. The zero-order valence-corrected chi connectivity index (χ0v) is 11.2. The van der Waals surface area contributed by atoms with Crippen LogP contribution in [0.1, 0.15) is 23.3 Å². The van der Waals surface area contributed by atoms with E-state index < -0.39 is 0 Å². The molecule has 1 aromatic heterocycles. The van der Waals surface area contributed by atoms with E-state index in [2.05, 4.69) is 10.2 Å². The Kier molecular flexibility index (Phi) is 3.73. The number of nitrogens with one attached hydrogen (secondary N) is 1. The van der Waals surface area contributed by atoms with Crippen LogP contribution in [0.5, 0.6) is 0 Å². The van der Waals surface area contributed by atoms with Crippen LogP contribution < -0.4 is 5.73 Å². The molecule has 0 radical (unpaired) electrons. The van der Waals surface area contributed by atoms with Crippen molar-refractivity contribution in [2.24, 2.45) is 5.92 Å². The quantitative estimate of drug-likeness (QED) is 0.782. The summed E-state index contributed by atoms with van der Waals surface area (Å²) in [7, 11) is 3.51. The van der Waals surface area contributed by atoms with Crippen LogP contribution >= 0.6 is 0 Å². The summed E-state index contributed by atoms with van der Waals surface area (Å²) in [5, 5.41) is 6.36. The van der Waals surface area contributed by atoms with Crippen molar-refractivity contribution in [3.8, 4) is 0 Å². The van der Waals surface area contributed by atoms with Gasteiger partial charge in [0, 0.05) is 33.1 Å². The third-order valence-corrected chi connectivity index (χ3v) is 3.45. The first kappa shape index (κ1) is 13.4. The normalized spacial score (nSPS) is 16.4. The van der Waals surface area contributed by atoms with Crippen LogP contribution in [0.3, 0.4) is 0 Å². The summed E-state index contributed by atoms with van der Waals surface area (Å²) in [5.41, 5.74) is 6.35. The molecule has 2 amide bonds. The highest BCUT2D eigenvalue weighted by Gasteiger charge is 2.29. The van der Waals surface area contributed by atoms with Gasteiger partial charge in [-0.1, -0.05) is 0 Å². The van der Waals surface area contributed by atoms with E-state index in [4.69, 9.17) is 5.73 Å². The molecule has 7 nitrogen and oxygen atoms in total. The smallest absolute Gasteiger partial charge is 0.274 e. The highest BCUT2D eigenvalue weighted by molar-refractivity contribution is 5.97. The second kappa shape index (κ2) is 5.29. The molecule has 19 heavy (non-hydrogen) atoms. The first-order chi connectivity index (χ1) is 9.00. The fraction of sp³-hybridized carbons (Fsp3) is 0.583. The molecular formula is C12H19N5O2. The maximum atomic E-state index is 12.2. The Morgan fingerprint density at radius 3 is 2.53 bits per heavy atom. The number of nitrogen functional groups attached to an aromatic ring is 1. The van der Waals surface area contributed by atoms with Crippen LogP contribution in [0.2, 0.25) is 0 Å². The van der Waals surface area contributed by atoms with Crippen molar-refractivity contribution >= 4 is 17.5 Å². The summed E-state index contributed by atoms with van der Waals surface area (Å²) in [5.74, 6) is -0.00271. The van der Waals surface area contributed by atoms with Gasteiger partial charge in [0.25, 0.3) is 5.91 Å². The molecule has 104 valence electrons. The number of aromatic amines is 1. The standard InChI is InChI=1S/C12H19N5O2/c1-16(2)11(18)8-3-5-17(6-4-8)12(19)10-9(13)7-14-15-10/h7-8H,3-6,13H2,1-2H3,(H,14,15). The summed E-state index contributed by atoms with van der Waals surface area (Å²) < 4.78 is 0. The number of rotatable bonds is 2. The van der Waals surface area contributed by atoms with E-state index in [1.54, 1.807) is 23.9 Å². The number of hydrogen-bond acceptors (Lipinski definition) is 4. The number of carbonyl (C=O) groups is 2. The number of aromatic nitrogens is 2. The number of H-pyrrole nitrogens is 1. The predicted molar refractivity (Wildman–Crippen MR) is 70.3 cm³/mol. The first-order valence-corrected chi connectivity index (χ1v) is 6.30. The lowest BCUT2D eigenvalue weighted by Gasteiger charge is -2.32. The van der Waals surface area contributed by atoms with Gasteiger partial charge in [-0.05, 0) is 12.8 Å². The fourth-order valence-corrected chi connectivity index (χ4v) is 2.32. The number of amides is 2. The van der Waals surface area contributed by atoms with E-state index in [-0.39, 0.29) is 17.7 Å². The summed E-state index contributed by atoms with van der Waals surface area (Å²) in [6.45, 7) is 1.14. The van der Waals surface area contributed by atoms with Crippen molar-refractivity contribution in [1.29, 1.82) is 0 Å². The average Bonchev–Trinajstić information content (AvgIpc) is 2.83. The lowest BCUT2D eigenvalue weighted by atomic mass is 9.95. The number of nitrogens with zero attached hydrogens (tertiary/aromatic N) is 3. The van der Waals surface area contributed by atoms with Gasteiger partial charge < -0.3 is 15.5 Å². The van der Waals surface area contributed by atoms with Crippen LogP contribution in [-0.4, -0.2) is 59.0 Å². The molecule has 0 spiro atoms. The zero-order chi connectivity index (χ0) is 14.0. The predicted octanol–water partition coefficient (Wildman–Crippen LogP) is -0.0677. The van der Waals surface area contributed by atoms with E-state index in [1.807, 2.05) is 0 Å². The summed E-state index contributed by atoms with van der Waals surface area (Å²) in [4.78, 5) is 27.3. The Bertz CT molecular complexity index is 474. The monoisotopic (exact) mass is 265 g/mol. The molecule has 0 saturated carbocycles. The Morgan fingerprint density at radius 2 is 2.05 bits per heavy atom. The number of likely N-dealkylation sites (tertiary alicyclic amines) is 1. The maximum absolute atomic E-state index is 12.2. The fourth-order valence-electron chi connectivity index (χ4n) is 2.32. The molecule has 1 aliphatic heterocycles.